The van der Waals surface area contributed by atoms with Gasteiger partial charge in [-0.05, 0) is 35.7 Å². The van der Waals surface area contributed by atoms with Gasteiger partial charge in [0.15, 0.2) is 0 Å². The van der Waals surface area contributed by atoms with E-state index in [0.29, 0.717) is 6.61 Å². The van der Waals surface area contributed by atoms with Crippen molar-refractivity contribution in [2.75, 3.05) is 30.9 Å². The molecule has 1 fully saturated rings. The van der Waals surface area contributed by atoms with E-state index in [4.69, 9.17) is 4.74 Å². The molecule has 1 saturated heterocycles. The van der Waals surface area contributed by atoms with Crippen LogP contribution < -0.4 is 10.6 Å². The molecule has 17 heavy (non-hydrogen) atoms. The predicted octanol–water partition coefficient (Wildman–Crippen LogP) is 2.26. The zero-order valence-electron chi connectivity index (χ0n) is 10.1. The maximum Gasteiger partial charge on any atom is 0.146 e. The number of rotatable bonds is 3. The van der Waals surface area contributed by atoms with Gasteiger partial charge >= 0.3 is 0 Å². The maximum atomic E-state index is 5.52. The average Bonchev–Trinajstić information content (AvgIpc) is 2.32. The number of nitrogens with one attached hydrogen (secondary N) is 2. The van der Waals surface area contributed by atoms with Gasteiger partial charge in [0.25, 0.3) is 0 Å². The number of aromatic nitrogens is 2. The summed E-state index contributed by atoms with van der Waals surface area (Å²) in [6, 6.07) is 0. The Labute approximate surface area is 110 Å². The number of hydrogen-bond acceptors (Lipinski definition) is 5. The molecule has 0 aromatic carbocycles. The van der Waals surface area contributed by atoms with Crippen molar-refractivity contribution in [3.63, 3.8) is 0 Å². The van der Waals surface area contributed by atoms with Crippen molar-refractivity contribution < 1.29 is 4.74 Å². The Balaban J connectivity index is 2.17. The first-order valence-corrected chi connectivity index (χ1v) is 6.48. The smallest absolute Gasteiger partial charge is 0.146 e. The molecule has 0 bridgehead atoms. The summed E-state index contributed by atoms with van der Waals surface area (Å²) in [5, 5.41) is 6.45. The van der Waals surface area contributed by atoms with E-state index in [-0.39, 0.29) is 5.54 Å². The van der Waals surface area contributed by atoms with Crippen molar-refractivity contribution in [2.24, 2.45) is 0 Å². The lowest BCUT2D eigenvalue weighted by molar-refractivity contribution is 0.0538. The molecule has 94 valence electrons. The third-order valence-corrected chi connectivity index (χ3v) is 3.64. The van der Waals surface area contributed by atoms with Crippen LogP contribution in [0.5, 0.6) is 0 Å². The molecule has 1 unspecified atom stereocenters. The van der Waals surface area contributed by atoms with Crippen LogP contribution in [0.2, 0.25) is 0 Å². The van der Waals surface area contributed by atoms with E-state index in [2.05, 4.69) is 43.5 Å². The Morgan fingerprint density at radius 3 is 2.82 bits per heavy atom. The zero-order valence-corrected chi connectivity index (χ0v) is 11.7. The molecule has 1 aromatic rings. The van der Waals surface area contributed by atoms with Crippen LogP contribution in [0, 0.1) is 0 Å². The quantitative estimate of drug-likeness (QED) is 0.897. The van der Waals surface area contributed by atoms with Crippen LogP contribution in [0.15, 0.2) is 10.8 Å². The van der Waals surface area contributed by atoms with Crippen LogP contribution in [0.25, 0.3) is 0 Å². The van der Waals surface area contributed by atoms with Crippen LogP contribution in [0.1, 0.15) is 19.8 Å². The van der Waals surface area contributed by atoms with Crippen LogP contribution in [0.4, 0.5) is 11.6 Å². The molecule has 1 atom stereocenters. The molecule has 0 spiro atoms. The summed E-state index contributed by atoms with van der Waals surface area (Å²) in [6.07, 6.45) is 3.70. The molecule has 2 N–H and O–H groups in total. The van der Waals surface area contributed by atoms with Crippen molar-refractivity contribution in [3.05, 3.63) is 10.8 Å². The highest BCUT2D eigenvalue weighted by molar-refractivity contribution is 9.10. The van der Waals surface area contributed by atoms with Crippen LogP contribution in [-0.2, 0) is 4.74 Å². The van der Waals surface area contributed by atoms with Crippen molar-refractivity contribution in [1.29, 1.82) is 0 Å². The Hall–Kier alpha value is -0.880. The second-order valence-corrected chi connectivity index (χ2v) is 5.27. The minimum absolute atomic E-state index is 0.0554. The molecule has 0 aliphatic carbocycles. The topological polar surface area (TPSA) is 59.1 Å². The van der Waals surface area contributed by atoms with E-state index in [1.807, 2.05) is 7.05 Å². The van der Waals surface area contributed by atoms with Crippen LogP contribution >= 0.6 is 15.9 Å². The molecule has 1 aliphatic heterocycles. The lowest BCUT2D eigenvalue weighted by atomic mass is 9.95. The van der Waals surface area contributed by atoms with Gasteiger partial charge in [-0.25, -0.2) is 9.97 Å². The van der Waals surface area contributed by atoms with Crippen molar-refractivity contribution in [1.82, 2.24) is 9.97 Å². The Morgan fingerprint density at radius 1 is 1.41 bits per heavy atom. The molecule has 1 aliphatic rings. The van der Waals surface area contributed by atoms with Gasteiger partial charge in [-0.1, -0.05) is 0 Å². The molecule has 1 aromatic heterocycles. The normalized spacial score (nSPS) is 24.4. The Kier molecular flexibility index (Phi) is 3.83. The summed E-state index contributed by atoms with van der Waals surface area (Å²) in [6.45, 7) is 3.71. The molecule has 0 radical (unpaired) electrons. The maximum absolute atomic E-state index is 5.52. The highest BCUT2D eigenvalue weighted by Crippen LogP contribution is 2.30. The molecule has 5 nitrogen and oxygen atoms in total. The summed E-state index contributed by atoms with van der Waals surface area (Å²) < 4.78 is 6.37. The molecular weight excluding hydrogens is 284 g/mol. The van der Waals surface area contributed by atoms with E-state index in [9.17, 15) is 0 Å². The average molecular weight is 301 g/mol. The minimum atomic E-state index is -0.0554. The first-order valence-electron chi connectivity index (χ1n) is 5.69. The van der Waals surface area contributed by atoms with Gasteiger partial charge in [0, 0.05) is 13.7 Å². The SMILES string of the molecule is CNc1ncnc(NC2(C)CCCOC2)c1Br. The van der Waals surface area contributed by atoms with Gasteiger partial charge < -0.3 is 15.4 Å². The summed E-state index contributed by atoms with van der Waals surface area (Å²) in [4.78, 5) is 8.39. The molecular formula is C11H17BrN4O. The highest BCUT2D eigenvalue weighted by Gasteiger charge is 2.28. The highest BCUT2D eigenvalue weighted by atomic mass is 79.9. The third kappa shape index (κ3) is 2.87. The summed E-state index contributed by atoms with van der Waals surface area (Å²) in [5.41, 5.74) is -0.0554. The number of ether oxygens (including phenoxy) is 1. The fraction of sp³-hybridized carbons (Fsp3) is 0.636. The largest absolute Gasteiger partial charge is 0.379 e. The van der Waals surface area contributed by atoms with Gasteiger partial charge in [0.05, 0.1) is 12.1 Å². The van der Waals surface area contributed by atoms with Gasteiger partial charge in [-0.15, -0.1) is 0 Å². The molecule has 6 heteroatoms. The monoisotopic (exact) mass is 300 g/mol. The minimum Gasteiger partial charge on any atom is -0.379 e. The van der Waals surface area contributed by atoms with Crippen molar-refractivity contribution in [3.8, 4) is 0 Å². The molecule has 2 rings (SSSR count). The zero-order chi connectivity index (χ0) is 12.3. The third-order valence-electron chi connectivity index (χ3n) is 2.88. The van der Waals surface area contributed by atoms with Crippen LogP contribution in [-0.4, -0.2) is 35.8 Å². The standard InChI is InChI=1S/C11H17BrN4O/c1-11(4-3-5-17-6-11)16-10-8(12)9(13-2)14-7-15-10/h7H,3-6H2,1-2H3,(H2,13,14,15,16). The molecule has 0 saturated carbocycles. The van der Waals surface area contributed by atoms with Gasteiger partial charge in [-0.2, -0.15) is 0 Å². The molecule has 2 heterocycles. The van der Waals surface area contributed by atoms with E-state index in [0.717, 1.165) is 35.6 Å². The number of hydrogen-bond donors (Lipinski definition) is 2. The predicted molar refractivity (Wildman–Crippen MR) is 71.4 cm³/mol. The number of anilines is 2. The summed E-state index contributed by atoms with van der Waals surface area (Å²) >= 11 is 3.50. The van der Waals surface area contributed by atoms with Gasteiger partial charge in [0.2, 0.25) is 0 Å². The van der Waals surface area contributed by atoms with E-state index < -0.39 is 0 Å². The lowest BCUT2D eigenvalue weighted by Gasteiger charge is -2.35. The number of nitrogens with zero attached hydrogens (tertiary/aromatic N) is 2. The van der Waals surface area contributed by atoms with Crippen molar-refractivity contribution >= 4 is 27.6 Å². The van der Waals surface area contributed by atoms with E-state index in [1.165, 1.54) is 0 Å². The lowest BCUT2D eigenvalue weighted by Crippen LogP contribution is -2.43. The van der Waals surface area contributed by atoms with Crippen LogP contribution in [0.3, 0.4) is 0 Å². The number of halogens is 1. The van der Waals surface area contributed by atoms with Gasteiger partial charge in [0.1, 0.15) is 22.4 Å². The van der Waals surface area contributed by atoms with E-state index in [1.54, 1.807) is 6.33 Å². The fourth-order valence-electron chi connectivity index (χ4n) is 1.95. The fourth-order valence-corrected chi connectivity index (χ4v) is 2.45. The first-order chi connectivity index (χ1) is 8.14. The van der Waals surface area contributed by atoms with E-state index >= 15 is 0 Å². The second kappa shape index (κ2) is 5.18. The van der Waals surface area contributed by atoms with Gasteiger partial charge in [-0.3, -0.25) is 0 Å². The molecule has 0 amide bonds. The second-order valence-electron chi connectivity index (χ2n) is 4.48. The summed E-state index contributed by atoms with van der Waals surface area (Å²) in [5.74, 6) is 1.58. The Morgan fingerprint density at radius 2 is 2.18 bits per heavy atom. The Bertz CT molecular complexity index is 393. The first kappa shape index (κ1) is 12.6. The van der Waals surface area contributed by atoms with Crippen molar-refractivity contribution in [2.45, 2.75) is 25.3 Å². The summed E-state index contributed by atoms with van der Waals surface area (Å²) in [7, 11) is 1.84.